The summed E-state index contributed by atoms with van der Waals surface area (Å²) in [5.74, 6) is -1.76. The number of amides is 1. The van der Waals surface area contributed by atoms with Crippen molar-refractivity contribution < 1.29 is 14.7 Å². The molecular weight excluding hydrogens is 254 g/mol. The van der Waals surface area contributed by atoms with Gasteiger partial charge in [0.1, 0.15) is 10.7 Å². The summed E-state index contributed by atoms with van der Waals surface area (Å²) in [7, 11) is 0. The Bertz CT molecular complexity index is 433. The molecule has 18 heavy (non-hydrogen) atoms. The first-order chi connectivity index (χ1) is 8.49. The second kappa shape index (κ2) is 6.46. The zero-order valence-corrected chi connectivity index (χ0v) is 11.2. The number of carboxylic acid groups (broad SMARTS) is 1. The zero-order chi connectivity index (χ0) is 13.7. The van der Waals surface area contributed by atoms with E-state index in [2.05, 4.69) is 4.98 Å². The van der Waals surface area contributed by atoms with Crippen molar-refractivity contribution in [3.05, 3.63) is 16.1 Å². The topological polar surface area (TPSA) is 96.5 Å². The van der Waals surface area contributed by atoms with Crippen molar-refractivity contribution in [2.24, 2.45) is 11.7 Å². The first kappa shape index (κ1) is 14.6. The Morgan fingerprint density at radius 2 is 2.28 bits per heavy atom. The van der Waals surface area contributed by atoms with Crippen molar-refractivity contribution in [1.82, 2.24) is 9.88 Å². The summed E-state index contributed by atoms with van der Waals surface area (Å²) < 4.78 is 0. The van der Waals surface area contributed by atoms with Gasteiger partial charge in [0.15, 0.2) is 0 Å². The Balaban J connectivity index is 2.75. The van der Waals surface area contributed by atoms with Gasteiger partial charge in [-0.05, 0) is 6.92 Å². The van der Waals surface area contributed by atoms with Gasteiger partial charge in [-0.15, -0.1) is 11.3 Å². The van der Waals surface area contributed by atoms with E-state index in [-0.39, 0.29) is 12.5 Å². The molecule has 0 fully saturated rings. The SMILES string of the molecule is CCN(CC(C)C(=O)O)C(=O)c1csc(CN)n1. The first-order valence-corrected chi connectivity index (χ1v) is 6.54. The van der Waals surface area contributed by atoms with E-state index in [9.17, 15) is 9.59 Å². The predicted molar refractivity (Wildman–Crippen MR) is 68.4 cm³/mol. The van der Waals surface area contributed by atoms with E-state index in [1.54, 1.807) is 12.3 Å². The van der Waals surface area contributed by atoms with Crippen molar-refractivity contribution in [3.63, 3.8) is 0 Å². The van der Waals surface area contributed by atoms with Crippen LogP contribution >= 0.6 is 11.3 Å². The summed E-state index contributed by atoms with van der Waals surface area (Å²) in [6, 6.07) is 0. The molecule has 0 radical (unpaired) electrons. The Hall–Kier alpha value is -1.47. The highest BCUT2D eigenvalue weighted by atomic mass is 32.1. The van der Waals surface area contributed by atoms with Crippen LogP contribution in [-0.4, -0.2) is 40.0 Å². The van der Waals surface area contributed by atoms with Crippen LogP contribution in [0, 0.1) is 5.92 Å². The fraction of sp³-hybridized carbons (Fsp3) is 0.545. The standard InChI is InChI=1S/C11H17N3O3S/c1-3-14(5-7(2)11(16)17)10(15)8-6-18-9(4-12)13-8/h6-7H,3-5,12H2,1-2H3,(H,16,17). The molecule has 1 unspecified atom stereocenters. The molecule has 1 atom stereocenters. The highest BCUT2D eigenvalue weighted by Gasteiger charge is 2.22. The van der Waals surface area contributed by atoms with Crippen LogP contribution in [0.2, 0.25) is 0 Å². The number of carbonyl (C=O) groups excluding carboxylic acids is 1. The average molecular weight is 271 g/mol. The second-order valence-electron chi connectivity index (χ2n) is 3.91. The molecule has 0 aliphatic heterocycles. The molecule has 0 spiro atoms. The van der Waals surface area contributed by atoms with E-state index in [0.29, 0.717) is 23.8 Å². The monoisotopic (exact) mass is 271 g/mol. The van der Waals surface area contributed by atoms with Crippen molar-refractivity contribution >= 4 is 23.2 Å². The number of carbonyl (C=O) groups is 2. The van der Waals surface area contributed by atoms with Gasteiger partial charge < -0.3 is 15.7 Å². The molecule has 7 heteroatoms. The first-order valence-electron chi connectivity index (χ1n) is 5.66. The number of rotatable bonds is 6. The Morgan fingerprint density at radius 1 is 1.61 bits per heavy atom. The van der Waals surface area contributed by atoms with Gasteiger partial charge in [0.05, 0.1) is 5.92 Å². The number of aliphatic carboxylic acids is 1. The summed E-state index contributed by atoms with van der Waals surface area (Å²) in [4.78, 5) is 28.5. The van der Waals surface area contributed by atoms with Gasteiger partial charge in [-0.3, -0.25) is 9.59 Å². The van der Waals surface area contributed by atoms with Crippen molar-refractivity contribution in [1.29, 1.82) is 0 Å². The molecule has 0 bridgehead atoms. The van der Waals surface area contributed by atoms with Crippen LogP contribution in [0.1, 0.15) is 29.3 Å². The molecule has 0 saturated heterocycles. The largest absolute Gasteiger partial charge is 0.481 e. The number of thiazole rings is 1. The van der Waals surface area contributed by atoms with Gasteiger partial charge in [-0.1, -0.05) is 6.92 Å². The van der Waals surface area contributed by atoms with Crippen LogP contribution in [0.25, 0.3) is 0 Å². The van der Waals surface area contributed by atoms with Crippen molar-refractivity contribution in [3.8, 4) is 0 Å². The van der Waals surface area contributed by atoms with Crippen LogP contribution in [0.5, 0.6) is 0 Å². The van der Waals surface area contributed by atoms with E-state index in [4.69, 9.17) is 10.8 Å². The zero-order valence-electron chi connectivity index (χ0n) is 10.4. The van der Waals surface area contributed by atoms with E-state index in [1.165, 1.54) is 16.2 Å². The molecule has 0 saturated carbocycles. The van der Waals surface area contributed by atoms with E-state index >= 15 is 0 Å². The third kappa shape index (κ3) is 3.51. The molecule has 1 heterocycles. The molecule has 3 N–H and O–H groups in total. The van der Waals surface area contributed by atoms with Crippen LogP contribution in [0.4, 0.5) is 0 Å². The molecule has 0 aromatic carbocycles. The highest BCUT2D eigenvalue weighted by molar-refractivity contribution is 7.09. The Morgan fingerprint density at radius 3 is 2.72 bits per heavy atom. The summed E-state index contributed by atoms with van der Waals surface area (Å²) >= 11 is 1.33. The lowest BCUT2D eigenvalue weighted by Crippen LogP contribution is -2.37. The normalized spacial score (nSPS) is 12.2. The predicted octanol–water partition coefficient (Wildman–Crippen LogP) is 0.785. The lowest BCUT2D eigenvalue weighted by molar-refractivity contribution is -0.141. The maximum Gasteiger partial charge on any atom is 0.308 e. The number of hydrogen-bond donors (Lipinski definition) is 2. The van der Waals surface area contributed by atoms with E-state index < -0.39 is 11.9 Å². The summed E-state index contributed by atoms with van der Waals surface area (Å²) in [5, 5.41) is 11.2. The van der Waals surface area contributed by atoms with E-state index in [1.807, 2.05) is 6.92 Å². The Kier molecular flexibility index (Phi) is 5.24. The number of hydrogen-bond acceptors (Lipinski definition) is 5. The van der Waals surface area contributed by atoms with Crippen LogP contribution < -0.4 is 5.73 Å². The second-order valence-corrected chi connectivity index (χ2v) is 4.86. The van der Waals surface area contributed by atoms with Gasteiger partial charge in [0.25, 0.3) is 5.91 Å². The molecule has 0 aliphatic carbocycles. The minimum Gasteiger partial charge on any atom is -0.481 e. The Labute approximate surface area is 109 Å². The molecule has 1 aromatic rings. The average Bonchev–Trinajstić information content (AvgIpc) is 2.83. The van der Waals surface area contributed by atoms with Crippen LogP contribution in [0.3, 0.4) is 0 Å². The molecular formula is C11H17N3O3S. The van der Waals surface area contributed by atoms with Crippen molar-refractivity contribution in [2.45, 2.75) is 20.4 Å². The van der Waals surface area contributed by atoms with Gasteiger partial charge in [-0.2, -0.15) is 0 Å². The van der Waals surface area contributed by atoms with Gasteiger partial charge in [0, 0.05) is 25.0 Å². The highest BCUT2D eigenvalue weighted by Crippen LogP contribution is 2.12. The van der Waals surface area contributed by atoms with Gasteiger partial charge >= 0.3 is 5.97 Å². The number of nitrogens with two attached hydrogens (primary N) is 1. The smallest absolute Gasteiger partial charge is 0.308 e. The maximum absolute atomic E-state index is 12.1. The van der Waals surface area contributed by atoms with Crippen LogP contribution in [-0.2, 0) is 11.3 Å². The summed E-state index contributed by atoms with van der Waals surface area (Å²) in [5.41, 5.74) is 5.77. The van der Waals surface area contributed by atoms with Crippen molar-refractivity contribution in [2.75, 3.05) is 13.1 Å². The molecule has 100 valence electrons. The maximum atomic E-state index is 12.1. The number of aromatic nitrogens is 1. The molecule has 6 nitrogen and oxygen atoms in total. The number of carboxylic acids is 1. The third-order valence-corrected chi connectivity index (χ3v) is 3.40. The fourth-order valence-corrected chi connectivity index (χ4v) is 2.08. The third-order valence-electron chi connectivity index (χ3n) is 2.53. The van der Waals surface area contributed by atoms with Crippen LogP contribution in [0.15, 0.2) is 5.38 Å². The van der Waals surface area contributed by atoms with E-state index in [0.717, 1.165) is 0 Å². The molecule has 1 rings (SSSR count). The summed E-state index contributed by atoms with van der Waals surface area (Å²) in [6.07, 6.45) is 0. The molecule has 1 aromatic heterocycles. The molecule has 0 aliphatic rings. The minimum atomic E-state index is -0.915. The molecule has 1 amide bonds. The number of nitrogens with zero attached hydrogens (tertiary/aromatic N) is 2. The van der Waals surface area contributed by atoms with Gasteiger partial charge in [0.2, 0.25) is 0 Å². The minimum absolute atomic E-state index is 0.181. The fourth-order valence-electron chi connectivity index (χ4n) is 1.43. The lowest BCUT2D eigenvalue weighted by Gasteiger charge is -2.21. The lowest BCUT2D eigenvalue weighted by atomic mass is 10.1. The quantitative estimate of drug-likeness (QED) is 0.797. The summed E-state index contributed by atoms with van der Waals surface area (Å²) in [6.45, 7) is 4.31. The van der Waals surface area contributed by atoms with Gasteiger partial charge in [-0.25, -0.2) is 4.98 Å².